The van der Waals surface area contributed by atoms with Crippen molar-refractivity contribution in [3.05, 3.63) is 64.4 Å². The maximum atomic E-state index is 13.8. The summed E-state index contributed by atoms with van der Waals surface area (Å²) >= 11 is 5.97. The molecular weight excluding hydrogens is 277 g/mol. The molecule has 0 bridgehead atoms. The number of aryl methyl sites for hydroxylation is 1. The molecule has 0 aliphatic rings. The Labute approximate surface area is 123 Å². The highest BCUT2D eigenvalue weighted by Gasteiger charge is 2.14. The quantitative estimate of drug-likeness (QED) is 0.895. The molecule has 0 aromatic heterocycles. The van der Waals surface area contributed by atoms with Crippen molar-refractivity contribution in [1.82, 2.24) is 5.32 Å². The molecule has 1 unspecified atom stereocenters. The molecule has 0 fully saturated rings. The van der Waals surface area contributed by atoms with E-state index in [2.05, 4.69) is 5.32 Å². The fraction of sp³-hybridized carbons (Fsp3) is 0.250. The van der Waals surface area contributed by atoms with Crippen LogP contribution < -0.4 is 10.1 Å². The molecule has 2 aromatic carbocycles. The molecule has 1 atom stereocenters. The molecule has 2 nitrogen and oxygen atoms in total. The van der Waals surface area contributed by atoms with E-state index < -0.39 is 0 Å². The van der Waals surface area contributed by atoms with Crippen molar-refractivity contribution < 1.29 is 9.13 Å². The number of nitrogens with one attached hydrogen (secondary N) is 1. The first-order chi connectivity index (χ1) is 9.61. The number of rotatable bonds is 5. The summed E-state index contributed by atoms with van der Waals surface area (Å²) in [5, 5.41) is 3.77. The Kier molecular flexibility index (Phi) is 4.99. The highest BCUT2D eigenvalue weighted by atomic mass is 35.5. The predicted octanol–water partition coefficient (Wildman–Crippen LogP) is 4.13. The monoisotopic (exact) mass is 293 g/mol. The third-order valence-electron chi connectivity index (χ3n) is 3.18. The summed E-state index contributed by atoms with van der Waals surface area (Å²) in [6.45, 7) is 2.26. The minimum atomic E-state index is -0.234. The van der Waals surface area contributed by atoms with Crippen LogP contribution >= 0.6 is 11.6 Å². The maximum absolute atomic E-state index is 13.8. The Morgan fingerprint density at radius 2 is 2.00 bits per heavy atom. The lowest BCUT2D eigenvalue weighted by atomic mass is 10.1. The fourth-order valence-electron chi connectivity index (χ4n) is 1.97. The van der Waals surface area contributed by atoms with Crippen LogP contribution in [0.15, 0.2) is 42.5 Å². The summed E-state index contributed by atoms with van der Waals surface area (Å²) in [4.78, 5) is 0. The molecule has 106 valence electrons. The molecule has 0 radical (unpaired) electrons. The predicted molar refractivity (Wildman–Crippen MR) is 79.9 cm³/mol. The lowest BCUT2D eigenvalue weighted by Gasteiger charge is -2.18. The van der Waals surface area contributed by atoms with Crippen molar-refractivity contribution in [3.63, 3.8) is 0 Å². The van der Waals surface area contributed by atoms with Gasteiger partial charge >= 0.3 is 0 Å². The van der Waals surface area contributed by atoms with E-state index in [0.717, 1.165) is 11.3 Å². The van der Waals surface area contributed by atoms with Crippen molar-refractivity contribution in [2.45, 2.75) is 13.0 Å². The van der Waals surface area contributed by atoms with Gasteiger partial charge in [0.05, 0.1) is 6.04 Å². The van der Waals surface area contributed by atoms with E-state index in [1.807, 2.05) is 25.1 Å². The smallest absolute Gasteiger partial charge is 0.128 e. The Hall–Kier alpha value is -1.58. The zero-order valence-electron chi connectivity index (χ0n) is 11.5. The molecule has 0 heterocycles. The average Bonchev–Trinajstić information content (AvgIpc) is 2.45. The van der Waals surface area contributed by atoms with Gasteiger partial charge in [0.2, 0.25) is 0 Å². The summed E-state index contributed by atoms with van der Waals surface area (Å²) in [5.74, 6) is 0.492. The molecule has 2 rings (SSSR count). The molecular formula is C16H17ClFNO. The maximum Gasteiger partial charge on any atom is 0.128 e. The second-order valence-corrected chi connectivity index (χ2v) is 4.99. The van der Waals surface area contributed by atoms with E-state index in [9.17, 15) is 4.39 Å². The molecule has 0 aliphatic heterocycles. The van der Waals surface area contributed by atoms with E-state index in [0.29, 0.717) is 17.2 Å². The average molecular weight is 294 g/mol. The lowest BCUT2D eigenvalue weighted by molar-refractivity contribution is 0.269. The van der Waals surface area contributed by atoms with Crippen LogP contribution in [0.1, 0.15) is 17.2 Å². The third-order valence-corrected chi connectivity index (χ3v) is 3.60. The molecule has 20 heavy (non-hydrogen) atoms. The number of hydrogen-bond donors (Lipinski definition) is 1. The van der Waals surface area contributed by atoms with E-state index in [1.54, 1.807) is 25.2 Å². The van der Waals surface area contributed by atoms with Gasteiger partial charge in [0.15, 0.2) is 0 Å². The van der Waals surface area contributed by atoms with Gasteiger partial charge in [-0.3, -0.25) is 0 Å². The Morgan fingerprint density at radius 3 is 2.65 bits per heavy atom. The van der Waals surface area contributed by atoms with Gasteiger partial charge in [-0.2, -0.15) is 0 Å². The van der Waals surface area contributed by atoms with Gasteiger partial charge < -0.3 is 10.1 Å². The van der Waals surface area contributed by atoms with Crippen LogP contribution in [-0.2, 0) is 0 Å². The van der Waals surface area contributed by atoms with E-state index in [4.69, 9.17) is 16.3 Å². The van der Waals surface area contributed by atoms with Crippen LogP contribution in [0.5, 0.6) is 5.75 Å². The zero-order chi connectivity index (χ0) is 14.5. The van der Waals surface area contributed by atoms with Crippen LogP contribution in [0.25, 0.3) is 0 Å². The van der Waals surface area contributed by atoms with Crippen molar-refractivity contribution in [3.8, 4) is 5.75 Å². The van der Waals surface area contributed by atoms with Crippen molar-refractivity contribution >= 4 is 11.6 Å². The molecule has 2 aromatic rings. The van der Waals surface area contributed by atoms with E-state index in [1.165, 1.54) is 6.07 Å². The molecule has 4 heteroatoms. The standard InChI is InChI=1S/C16H17ClFNO/c1-11-9-12(7-8-14(11)17)20-10-16(19-2)13-5-3-4-6-15(13)18/h3-9,16,19H,10H2,1-2H3. The summed E-state index contributed by atoms with van der Waals surface area (Å²) < 4.78 is 19.5. The molecule has 0 spiro atoms. The van der Waals surface area contributed by atoms with E-state index >= 15 is 0 Å². The van der Waals surface area contributed by atoms with Crippen LogP contribution in [0.3, 0.4) is 0 Å². The normalized spacial score (nSPS) is 12.2. The first kappa shape index (κ1) is 14.8. The van der Waals surface area contributed by atoms with E-state index in [-0.39, 0.29) is 11.9 Å². The number of ether oxygens (including phenoxy) is 1. The highest BCUT2D eigenvalue weighted by Crippen LogP contribution is 2.23. The summed E-state index contributed by atoms with van der Waals surface area (Å²) in [6, 6.07) is 12.0. The lowest BCUT2D eigenvalue weighted by Crippen LogP contribution is -2.24. The van der Waals surface area contributed by atoms with Gasteiger partial charge in [-0.05, 0) is 43.8 Å². The van der Waals surface area contributed by atoms with Gasteiger partial charge in [-0.1, -0.05) is 29.8 Å². The number of likely N-dealkylation sites (N-methyl/N-ethyl adjacent to an activating group) is 1. The van der Waals surface area contributed by atoms with Crippen molar-refractivity contribution in [2.24, 2.45) is 0 Å². The highest BCUT2D eigenvalue weighted by molar-refractivity contribution is 6.31. The van der Waals surface area contributed by atoms with Crippen LogP contribution in [-0.4, -0.2) is 13.7 Å². The van der Waals surface area contributed by atoms with Crippen molar-refractivity contribution in [2.75, 3.05) is 13.7 Å². The van der Waals surface area contributed by atoms with Crippen LogP contribution in [0.4, 0.5) is 4.39 Å². The third kappa shape index (κ3) is 3.50. The van der Waals surface area contributed by atoms with Crippen LogP contribution in [0, 0.1) is 12.7 Å². The Balaban J connectivity index is 2.08. The molecule has 0 saturated heterocycles. The second kappa shape index (κ2) is 6.73. The van der Waals surface area contributed by atoms with Gasteiger partial charge in [-0.25, -0.2) is 4.39 Å². The van der Waals surface area contributed by atoms with Gasteiger partial charge in [0.25, 0.3) is 0 Å². The largest absolute Gasteiger partial charge is 0.492 e. The van der Waals surface area contributed by atoms with Gasteiger partial charge in [0, 0.05) is 10.6 Å². The van der Waals surface area contributed by atoms with Gasteiger partial charge in [-0.15, -0.1) is 0 Å². The zero-order valence-corrected chi connectivity index (χ0v) is 12.2. The molecule has 1 N–H and O–H groups in total. The number of hydrogen-bond acceptors (Lipinski definition) is 2. The second-order valence-electron chi connectivity index (χ2n) is 4.58. The number of halogens is 2. The first-order valence-electron chi connectivity index (χ1n) is 6.42. The SMILES string of the molecule is CNC(COc1ccc(Cl)c(C)c1)c1ccccc1F. The Morgan fingerprint density at radius 1 is 1.25 bits per heavy atom. The molecule has 0 saturated carbocycles. The molecule has 0 amide bonds. The topological polar surface area (TPSA) is 21.3 Å². The summed E-state index contributed by atoms with van der Waals surface area (Å²) in [5.41, 5.74) is 1.55. The Bertz CT molecular complexity index is 588. The van der Waals surface area contributed by atoms with Gasteiger partial charge in [0.1, 0.15) is 18.2 Å². The fourth-order valence-corrected chi connectivity index (χ4v) is 2.09. The minimum absolute atomic E-state index is 0.202. The van der Waals surface area contributed by atoms with Crippen LogP contribution in [0.2, 0.25) is 5.02 Å². The summed E-state index contributed by atoms with van der Waals surface area (Å²) in [6.07, 6.45) is 0. The summed E-state index contributed by atoms with van der Waals surface area (Å²) in [7, 11) is 1.79. The minimum Gasteiger partial charge on any atom is -0.492 e. The first-order valence-corrected chi connectivity index (χ1v) is 6.80. The molecule has 0 aliphatic carbocycles. The number of benzene rings is 2. The van der Waals surface area contributed by atoms with Crippen molar-refractivity contribution in [1.29, 1.82) is 0 Å².